The molecule has 0 bridgehead atoms. The third-order valence-corrected chi connectivity index (χ3v) is 5.18. The first-order valence-corrected chi connectivity index (χ1v) is 9.56. The normalized spacial score (nSPS) is 14.8. The number of rotatable bonds is 7. The zero-order valence-electron chi connectivity index (χ0n) is 14.2. The van der Waals surface area contributed by atoms with Gasteiger partial charge in [-0.15, -0.1) is 12.8 Å². The van der Waals surface area contributed by atoms with Crippen LogP contribution in [0.3, 0.4) is 0 Å². The molecule has 0 fully saturated rings. The van der Waals surface area contributed by atoms with Crippen molar-refractivity contribution in [2.75, 3.05) is 13.1 Å². The fraction of sp³-hybridized carbons (Fsp3) is 0.368. The molecular formula is C19H26N2O2S. The molecule has 0 atom stereocenters. The van der Waals surface area contributed by atoms with Gasteiger partial charge in [-0.2, -0.15) is 0 Å². The van der Waals surface area contributed by atoms with Crippen molar-refractivity contribution in [1.29, 1.82) is 0 Å². The second kappa shape index (κ2) is 10.7. The first-order chi connectivity index (χ1) is 11.6. The van der Waals surface area contributed by atoms with E-state index in [4.69, 9.17) is 0 Å². The van der Waals surface area contributed by atoms with E-state index >= 15 is 0 Å². The summed E-state index contributed by atoms with van der Waals surface area (Å²) in [5, 5.41) is 3.36. The van der Waals surface area contributed by atoms with E-state index in [2.05, 4.69) is 42.0 Å². The summed E-state index contributed by atoms with van der Waals surface area (Å²) in [6, 6.07) is 8.47. The largest absolute Gasteiger partial charge is 0.388 e. The van der Waals surface area contributed by atoms with Gasteiger partial charge in [0.25, 0.3) is 0 Å². The van der Waals surface area contributed by atoms with E-state index in [9.17, 15) is 8.42 Å². The molecular weight excluding hydrogens is 320 g/mol. The summed E-state index contributed by atoms with van der Waals surface area (Å²) >= 11 is 0. The molecule has 0 radical (unpaired) electrons. The van der Waals surface area contributed by atoms with Crippen LogP contribution in [0.2, 0.25) is 0 Å². The number of hydrogen-bond donors (Lipinski definition) is 2. The maximum absolute atomic E-state index is 12.0. The Morgan fingerprint density at radius 1 is 1.25 bits per heavy atom. The monoisotopic (exact) mass is 346 g/mol. The Bertz CT molecular complexity index is 674. The van der Waals surface area contributed by atoms with E-state index in [1.807, 2.05) is 0 Å². The van der Waals surface area contributed by atoms with Crippen molar-refractivity contribution in [3.8, 4) is 12.8 Å². The maximum Gasteiger partial charge on any atom is 0.240 e. The first-order valence-electron chi connectivity index (χ1n) is 8.08. The summed E-state index contributed by atoms with van der Waals surface area (Å²) < 4.78 is 26.7. The van der Waals surface area contributed by atoms with Crippen molar-refractivity contribution in [2.24, 2.45) is 0 Å². The van der Waals surface area contributed by atoms with Crippen molar-refractivity contribution in [3.05, 3.63) is 53.8 Å². The van der Waals surface area contributed by atoms with Gasteiger partial charge in [0, 0.05) is 18.8 Å². The molecule has 1 aliphatic heterocycles. The lowest BCUT2D eigenvalue weighted by atomic mass is 10.0. The van der Waals surface area contributed by atoms with E-state index in [1.54, 1.807) is 30.3 Å². The minimum absolute atomic E-state index is 0.319. The van der Waals surface area contributed by atoms with Crippen LogP contribution in [0.15, 0.2) is 58.6 Å². The zero-order valence-corrected chi connectivity index (χ0v) is 15.0. The van der Waals surface area contributed by atoms with Crippen LogP contribution in [0.5, 0.6) is 0 Å². The fourth-order valence-corrected chi connectivity index (χ4v) is 3.49. The van der Waals surface area contributed by atoms with Gasteiger partial charge in [-0.3, -0.25) is 0 Å². The third kappa shape index (κ3) is 6.61. The molecule has 0 saturated heterocycles. The van der Waals surface area contributed by atoms with Gasteiger partial charge in [0.1, 0.15) is 0 Å². The Kier molecular flexibility index (Phi) is 8.92. The van der Waals surface area contributed by atoms with Gasteiger partial charge in [0.2, 0.25) is 10.0 Å². The fourth-order valence-electron chi connectivity index (χ4n) is 2.40. The summed E-state index contributed by atoms with van der Waals surface area (Å²) in [5.41, 5.74) is 2.61. The zero-order chi connectivity index (χ0) is 17.8. The molecule has 1 aromatic carbocycles. The molecule has 1 aliphatic rings. The van der Waals surface area contributed by atoms with E-state index in [0.717, 1.165) is 25.8 Å². The number of unbranched alkanes of at least 4 members (excludes halogenated alkanes) is 1. The average molecular weight is 346 g/mol. The molecule has 5 heteroatoms. The van der Waals surface area contributed by atoms with Crippen LogP contribution < -0.4 is 10.0 Å². The Morgan fingerprint density at radius 3 is 2.62 bits per heavy atom. The van der Waals surface area contributed by atoms with Crippen molar-refractivity contribution in [1.82, 2.24) is 10.0 Å². The van der Waals surface area contributed by atoms with Crippen molar-refractivity contribution in [3.63, 3.8) is 0 Å². The third-order valence-electron chi connectivity index (χ3n) is 3.71. The smallest absolute Gasteiger partial charge is 0.240 e. The molecule has 4 nitrogen and oxygen atoms in total. The topological polar surface area (TPSA) is 58.2 Å². The molecule has 1 heterocycles. The molecule has 1 aromatic rings. The molecule has 0 unspecified atom stereocenters. The highest BCUT2D eigenvalue weighted by Gasteiger charge is 2.11. The molecule has 0 amide bonds. The van der Waals surface area contributed by atoms with Gasteiger partial charge in [-0.25, -0.2) is 13.1 Å². The van der Waals surface area contributed by atoms with Crippen LogP contribution in [0.25, 0.3) is 0 Å². The van der Waals surface area contributed by atoms with E-state index in [1.165, 1.54) is 17.7 Å². The Labute approximate surface area is 146 Å². The second-order valence-electron chi connectivity index (χ2n) is 5.44. The SMILES string of the molecule is C#C.CC1=C(/C=C\CCCNS(=O)(=O)c2ccccc2)CCCN1. The maximum atomic E-state index is 12.0. The molecule has 24 heavy (non-hydrogen) atoms. The molecule has 0 aliphatic carbocycles. The quantitative estimate of drug-likeness (QED) is 0.589. The van der Waals surface area contributed by atoms with Crippen LogP contribution >= 0.6 is 0 Å². The molecule has 130 valence electrons. The molecule has 0 spiro atoms. The van der Waals surface area contributed by atoms with E-state index in [0.29, 0.717) is 11.4 Å². The first kappa shape index (κ1) is 20.0. The molecule has 0 aromatic heterocycles. The minimum atomic E-state index is -3.37. The van der Waals surface area contributed by atoms with Gasteiger partial charge in [0.05, 0.1) is 4.90 Å². The second-order valence-corrected chi connectivity index (χ2v) is 7.20. The van der Waals surface area contributed by atoms with E-state index < -0.39 is 10.0 Å². The Morgan fingerprint density at radius 2 is 1.96 bits per heavy atom. The Balaban J connectivity index is 0.00000139. The van der Waals surface area contributed by atoms with Crippen molar-refractivity contribution < 1.29 is 8.42 Å². The predicted molar refractivity (Wildman–Crippen MR) is 99.8 cm³/mol. The highest BCUT2D eigenvalue weighted by molar-refractivity contribution is 7.89. The number of allylic oxidation sites excluding steroid dienone is 4. The summed E-state index contributed by atoms with van der Waals surface area (Å²) in [4.78, 5) is 0.319. The van der Waals surface area contributed by atoms with Crippen LogP contribution in [-0.4, -0.2) is 21.5 Å². The highest BCUT2D eigenvalue weighted by Crippen LogP contribution is 2.15. The predicted octanol–water partition coefficient (Wildman–Crippen LogP) is 3.21. The Hall–Kier alpha value is -2.03. The van der Waals surface area contributed by atoms with Crippen LogP contribution in [-0.2, 0) is 10.0 Å². The van der Waals surface area contributed by atoms with Crippen LogP contribution in [0.1, 0.15) is 32.6 Å². The number of hydrogen-bond acceptors (Lipinski definition) is 3. The number of sulfonamides is 1. The average Bonchev–Trinajstić information content (AvgIpc) is 2.62. The van der Waals surface area contributed by atoms with Crippen molar-refractivity contribution in [2.45, 2.75) is 37.5 Å². The molecule has 2 rings (SSSR count). The van der Waals surface area contributed by atoms with Gasteiger partial charge in [0.15, 0.2) is 0 Å². The molecule has 0 saturated carbocycles. The summed E-state index contributed by atoms with van der Waals surface area (Å²) in [6.45, 7) is 3.62. The summed E-state index contributed by atoms with van der Waals surface area (Å²) in [7, 11) is -3.37. The lowest BCUT2D eigenvalue weighted by Crippen LogP contribution is -2.24. The van der Waals surface area contributed by atoms with E-state index in [-0.39, 0.29) is 0 Å². The summed E-state index contributed by atoms with van der Waals surface area (Å²) in [5.74, 6) is 0. The van der Waals surface area contributed by atoms with Gasteiger partial charge >= 0.3 is 0 Å². The number of benzene rings is 1. The van der Waals surface area contributed by atoms with Crippen molar-refractivity contribution >= 4 is 10.0 Å². The van der Waals surface area contributed by atoms with Gasteiger partial charge in [-0.05, 0) is 50.3 Å². The van der Waals surface area contributed by atoms with Gasteiger partial charge < -0.3 is 5.32 Å². The van der Waals surface area contributed by atoms with Gasteiger partial charge in [-0.1, -0.05) is 30.4 Å². The number of terminal acetylenes is 1. The number of nitrogens with one attached hydrogen (secondary N) is 2. The lowest BCUT2D eigenvalue weighted by Gasteiger charge is -2.17. The lowest BCUT2D eigenvalue weighted by molar-refractivity contribution is 0.579. The minimum Gasteiger partial charge on any atom is -0.388 e. The van der Waals surface area contributed by atoms with Crippen LogP contribution in [0, 0.1) is 12.8 Å². The van der Waals surface area contributed by atoms with Crippen LogP contribution in [0.4, 0.5) is 0 Å². The highest BCUT2D eigenvalue weighted by atomic mass is 32.2. The molecule has 2 N–H and O–H groups in total. The summed E-state index contributed by atoms with van der Waals surface area (Å²) in [6.07, 6.45) is 16.2. The standard InChI is InChI=1S/C17H24N2O2S.C2H2/c1-15-16(10-8-13-18-15)9-4-3-7-14-19-22(20,21)17-11-5-2-6-12-17;1-2/h2,4-6,9,11-12,18-19H,3,7-8,10,13-14H2,1H3;1-2H/b9-4-;.